The average molecular weight is 272 g/mol. The standard InChI is InChI=1S/C13H12N4O3/c1-8-16-10-3-2-9(13(18)19)6-11(10)17(8)5-4-12-14-7-15-20-12/h2-3,6-7H,4-5H2,1H3,(H,18,19). The van der Waals surface area contributed by atoms with E-state index in [0.29, 0.717) is 18.9 Å². The molecule has 0 aliphatic rings. The van der Waals surface area contributed by atoms with Gasteiger partial charge in [-0.15, -0.1) is 0 Å². The molecule has 0 saturated carbocycles. The van der Waals surface area contributed by atoms with Crippen LogP contribution in [0.3, 0.4) is 0 Å². The maximum Gasteiger partial charge on any atom is 0.335 e. The van der Waals surface area contributed by atoms with E-state index in [0.717, 1.165) is 16.9 Å². The summed E-state index contributed by atoms with van der Waals surface area (Å²) in [6.07, 6.45) is 1.93. The highest BCUT2D eigenvalue weighted by Gasteiger charge is 2.11. The highest BCUT2D eigenvalue weighted by molar-refractivity contribution is 5.92. The molecule has 3 aromatic rings. The molecule has 7 heteroatoms. The topological polar surface area (TPSA) is 94.0 Å². The maximum absolute atomic E-state index is 11.0. The second-order valence-electron chi connectivity index (χ2n) is 4.40. The summed E-state index contributed by atoms with van der Waals surface area (Å²) < 4.78 is 6.91. The van der Waals surface area contributed by atoms with E-state index in [2.05, 4.69) is 15.1 Å². The summed E-state index contributed by atoms with van der Waals surface area (Å²) in [6.45, 7) is 2.49. The third kappa shape index (κ3) is 2.13. The molecule has 1 N–H and O–H groups in total. The predicted molar refractivity (Wildman–Crippen MR) is 69.4 cm³/mol. The number of aromatic carboxylic acids is 1. The molecule has 2 heterocycles. The zero-order valence-electron chi connectivity index (χ0n) is 10.8. The molecule has 0 amide bonds. The Labute approximate surface area is 113 Å². The molecular weight excluding hydrogens is 260 g/mol. The second-order valence-corrected chi connectivity index (χ2v) is 4.40. The molecule has 0 radical (unpaired) electrons. The summed E-state index contributed by atoms with van der Waals surface area (Å²) in [5, 5.41) is 12.6. The Hall–Kier alpha value is -2.70. The molecule has 0 aliphatic carbocycles. The van der Waals surface area contributed by atoms with Crippen LogP contribution in [-0.2, 0) is 13.0 Å². The average Bonchev–Trinajstić information content (AvgIpc) is 3.02. The lowest BCUT2D eigenvalue weighted by molar-refractivity contribution is 0.0697. The van der Waals surface area contributed by atoms with E-state index < -0.39 is 5.97 Å². The quantitative estimate of drug-likeness (QED) is 0.776. The number of fused-ring (bicyclic) bond motifs is 1. The number of rotatable bonds is 4. The van der Waals surface area contributed by atoms with Gasteiger partial charge in [-0.25, -0.2) is 9.78 Å². The minimum Gasteiger partial charge on any atom is -0.478 e. The zero-order valence-corrected chi connectivity index (χ0v) is 10.8. The number of nitrogens with zero attached hydrogens (tertiary/aromatic N) is 4. The molecule has 2 aromatic heterocycles. The van der Waals surface area contributed by atoms with Gasteiger partial charge in [0.25, 0.3) is 0 Å². The Morgan fingerprint density at radius 3 is 3.00 bits per heavy atom. The first-order chi connectivity index (χ1) is 9.65. The largest absolute Gasteiger partial charge is 0.478 e. The molecule has 0 spiro atoms. The molecule has 7 nitrogen and oxygen atoms in total. The number of carboxylic acid groups (broad SMARTS) is 1. The van der Waals surface area contributed by atoms with Crippen molar-refractivity contribution in [2.45, 2.75) is 19.9 Å². The molecule has 0 fully saturated rings. The van der Waals surface area contributed by atoms with Crippen LogP contribution in [0.15, 0.2) is 29.0 Å². The van der Waals surface area contributed by atoms with E-state index >= 15 is 0 Å². The number of aryl methyl sites for hydroxylation is 3. The van der Waals surface area contributed by atoms with Crippen LogP contribution in [0.25, 0.3) is 11.0 Å². The third-order valence-electron chi connectivity index (χ3n) is 3.14. The van der Waals surface area contributed by atoms with Crippen molar-refractivity contribution in [3.63, 3.8) is 0 Å². The summed E-state index contributed by atoms with van der Waals surface area (Å²) in [7, 11) is 0. The van der Waals surface area contributed by atoms with Crippen LogP contribution >= 0.6 is 0 Å². The van der Waals surface area contributed by atoms with Crippen molar-refractivity contribution in [2.24, 2.45) is 0 Å². The van der Waals surface area contributed by atoms with Crippen molar-refractivity contribution >= 4 is 17.0 Å². The van der Waals surface area contributed by atoms with Crippen molar-refractivity contribution in [2.75, 3.05) is 0 Å². The Morgan fingerprint density at radius 2 is 2.30 bits per heavy atom. The molecule has 0 atom stereocenters. The molecule has 3 rings (SSSR count). The van der Waals surface area contributed by atoms with Gasteiger partial charge < -0.3 is 14.2 Å². The fourth-order valence-electron chi connectivity index (χ4n) is 2.17. The van der Waals surface area contributed by atoms with E-state index in [-0.39, 0.29) is 5.56 Å². The molecule has 0 saturated heterocycles. The third-order valence-corrected chi connectivity index (χ3v) is 3.14. The van der Waals surface area contributed by atoms with Crippen LogP contribution in [-0.4, -0.2) is 30.8 Å². The van der Waals surface area contributed by atoms with Crippen molar-refractivity contribution in [3.8, 4) is 0 Å². The number of hydrogen-bond donors (Lipinski definition) is 1. The molecule has 102 valence electrons. The van der Waals surface area contributed by atoms with Crippen LogP contribution in [0.5, 0.6) is 0 Å². The van der Waals surface area contributed by atoms with Gasteiger partial charge in [0.05, 0.1) is 16.6 Å². The minimum absolute atomic E-state index is 0.247. The van der Waals surface area contributed by atoms with Gasteiger partial charge in [-0.2, -0.15) is 4.98 Å². The lowest BCUT2D eigenvalue weighted by Crippen LogP contribution is -2.04. The number of aromatic nitrogens is 4. The van der Waals surface area contributed by atoms with E-state index in [1.807, 2.05) is 11.5 Å². The molecule has 0 bridgehead atoms. The first-order valence-corrected chi connectivity index (χ1v) is 6.11. The van der Waals surface area contributed by atoms with Gasteiger partial charge in [0.2, 0.25) is 5.89 Å². The molecule has 20 heavy (non-hydrogen) atoms. The number of imidazole rings is 1. The summed E-state index contributed by atoms with van der Waals surface area (Å²) in [4.78, 5) is 19.4. The summed E-state index contributed by atoms with van der Waals surface area (Å²) in [5.74, 6) is 0.414. The zero-order chi connectivity index (χ0) is 14.1. The van der Waals surface area contributed by atoms with Gasteiger partial charge >= 0.3 is 5.97 Å². The van der Waals surface area contributed by atoms with Crippen molar-refractivity contribution < 1.29 is 14.4 Å². The molecule has 0 aliphatic heterocycles. The van der Waals surface area contributed by atoms with E-state index in [1.54, 1.807) is 18.2 Å². The summed E-state index contributed by atoms with van der Waals surface area (Å²) >= 11 is 0. The lowest BCUT2D eigenvalue weighted by Gasteiger charge is -2.05. The summed E-state index contributed by atoms with van der Waals surface area (Å²) in [5.41, 5.74) is 1.82. The highest BCUT2D eigenvalue weighted by atomic mass is 16.5. The van der Waals surface area contributed by atoms with Gasteiger partial charge in [0.15, 0.2) is 6.33 Å². The number of hydrogen-bond acceptors (Lipinski definition) is 5. The molecule has 1 aromatic carbocycles. The van der Waals surface area contributed by atoms with Crippen LogP contribution in [0, 0.1) is 6.92 Å². The van der Waals surface area contributed by atoms with Gasteiger partial charge in [-0.3, -0.25) is 0 Å². The fourth-order valence-corrected chi connectivity index (χ4v) is 2.17. The van der Waals surface area contributed by atoms with Crippen LogP contribution in [0.2, 0.25) is 0 Å². The van der Waals surface area contributed by atoms with Gasteiger partial charge in [-0.05, 0) is 25.1 Å². The number of carboxylic acids is 1. The van der Waals surface area contributed by atoms with Crippen molar-refractivity contribution in [1.82, 2.24) is 19.7 Å². The number of carbonyl (C=O) groups is 1. The van der Waals surface area contributed by atoms with Crippen molar-refractivity contribution in [1.29, 1.82) is 0 Å². The van der Waals surface area contributed by atoms with E-state index in [4.69, 9.17) is 9.63 Å². The lowest BCUT2D eigenvalue weighted by atomic mass is 10.2. The SMILES string of the molecule is Cc1nc2ccc(C(=O)O)cc2n1CCc1ncno1. The molecular formula is C13H12N4O3. The second kappa shape index (κ2) is 4.76. The number of benzene rings is 1. The summed E-state index contributed by atoms with van der Waals surface area (Å²) in [6, 6.07) is 4.90. The normalized spacial score (nSPS) is 11.1. The first-order valence-electron chi connectivity index (χ1n) is 6.11. The Balaban J connectivity index is 1.97. The first kappa shape index (κ1) is 12.3. The van der Waals surface area contributed by atoms with Gasteiger partial charge in [0.1, 0.15) is 5.82 Å². The van der Waals surface area contributed by atoms with E-state index in [1.165, 1.54) is 6.33 Å². The van der Waals surface area contributed by atoms with Crippen LogP contribution in [0.4, 0.5) is 0 Å². The van der Waals surface area contributed by atoms with Crippen LogP contribution < -0.4 is 0 Å². The van der Waals surface area contributed by atoms with Crippen molar-refractivity contribution in [3.05, 3.63) is 41.8 Å². The van der Waals surface area contributed by atoms with Gasteiger partial charge in [-0.1, -0.05) is 5.16 Å². The molecule has 0 unspecified atom stereocenters. The Morgan fingerprint density at radius 1 is 1.45 bits per heavy atom. The highest BCUT2D eigenvalue weighted by Crippen LogP contribution is 2.18. The maximum atomic E-state index is 11.0. The van der Waals surface area contributed by atoms with Gasteiger partial charge in [0, 0.05) is 13.0 Å². The fraction of sp³-hybridized carbons (Fsp3) is 0.231. The monoisotopic (exact) mass is 272 g/mol. The van der Waals surface area contributed by atoms with Crippen LogP contribution in [0.1, 0.15) is 22.1 Å². The predicted octanol–water partition coefficient (Wildman–Crippen LogP) is 1.67. The Kier molecular flexibility index (Phi) is 2.94. The Bertz CT molecular complexity index is 761. The minimum atomic E-state index is -0.950. The van der Waals surface area contributed by atoms with E-state index in [9.17, 15) is 4.79 Å². The smallest absolute Gasteiger partial charge is 0.335 e.